The molecule has 1 aliphatic heterocycles. The minimum absolute atomic E-state index is 0.402. The molecule has 0 spiro atoms. The van der Waals surface area contributed by atoms with Gasteiger partial charge in [-0.15, -0.1) is 0 Å². The predicted octanol–water partition coefficient (Wildman–Crippen LogP) is 2.10. The number of nitrogens with one attached hydrogen (secondary N) is 2. The summed E-state index contributed by atoms with van der Waals surface area (Å²) in [4.78, 5) is 11.1. The van der Waals surface area contributed by atoms with E-state index in [-0.39, 0.29) is 0 Å². The molecule has 0 radical (unpaired) electrons. The van der Waals surface area contributed by atoms with Crippen molar-refractivity contribution in [2.75, 3.05) is 18.4 Å². The van der Waals surface area contributed by atoms with Crippen LogP contribution < -0.4 is 16.4 Å². The number of nitrogens with two attached hydrogens (primary N) is 1. The predicted molar refractivity (Wildman–Crippen MR) is 76.8 cm³/mol. The second-order valence-electron chi connectivity index (χ2n) is 4.58. The molecule has 0 bridgehead atoms. The zero-order chi connectivity index (χ0) is 13.0. The highest BCUT2D eigenvalue weighted by atomic mass is 79.9. The van der Waals surface area contributed by atoms with Crippen molar-refractivity contribution >= 4 is 27.5 Å². The third kappa shape index (κ3) is 3.46. The third-order valence-corrected chi connectivity index (χ3v) is 3.85. The van der Waals surface area contributed by atoms with Crippen LogP contribution in [0.15, 0.2) is 22.7 Å². The van der Waals surface area contributed by atoms with Gasteiger partial charge in [-0.25, -0.2) is 0 Å². The molecule has 1 unspecified atom stereocenters. The minimum Gasteiger partial charge on any atom is -0.381 e. The van der Waals surface area contributed by atoms with Crippen LogP contribution in [0, 0.1) is 0 Å². The SMILES string of the molecule is NC(=O)c1ccc(NC2CCCNCC2)c(Br)c1. The van der Waals surface area contributed by atoms with Gasteiger partial charge in [0.05, 0.1) is 0 Å². The van der Waals surface area contributed by atoms with Crippen molar-refractivity contribution in [3.05, 3.63) is 28.2 Å². The number of carbonyl (C=O) groups is 1. The van der Waals surface area contributed by atoms with E-state index in [9.17, 15) is 4.79 Å². The van der Waals surface area contributed by atoms with Crippen LogP contribution in [-0.4, -0.2) is 25.0 Å². The van der Waals surface area contributed by atoms with Crippen molar-refractivity contribution < 1.29 is 4.79 Å². The maximum absolute atomic E-state index is 11.1. The molecule has 1 atom stereocenters. The van der Waals surface area contributed by atoms with Gasteiger partial charge in [0.25, 0.3) is 0 Å². The molecule has 4 N–H and O–H groups in total. The number of benzene rings is 1. The summed E-state index contributed by atoms with van der Waals surface area (Å²) < 4.78 is 0.885. The summed E-state index contributed by atoms with van der Waals surface area (Å²) in [6, 6.07) is 5.91. The molecule has 1 aromatic rings. The van der Waals surface area contributed by atoms with Crippen molar-refractivity contribution in [2.24, 2.45) is 5.73 Å². The van der Waals surface area contributed by atoms with Crippen molar-refractivity contribution in [3.8, 4) is 0 Å². The minimum atomic E-state index is -0.402. The highest BCUT2D eigenvalue weighted by Gasteiger charge is 2.13. The lowest BCUT2D eigenvalue weighted by molar-refractivity contribution is 0.100. The Hall–Kier alpha value is -1.07. The molecule has 18 heavy (non-hydrogen) atoms. The number of hydrogen-bond donors (Lipinski definition) is 3. The topological polar surface area (TPSA) is 67.2 Å². The van der Waals surface area contributed by atoms with Crippen LogP contribution in [0.25, 0.3) is 0 Å². The first kappa shape index (κ1) is 13.4. The van der Waals surface area contributed by atoms with Crippen LogP contribution in [0.5, 0.6) is 0 Å². The van der Waals surface area contributed by atoms with E-state index in [1.807, 2.05) is 6.07 Å². The molecule has 2 rings (SSSR count). The number of halogens is 1. The van der Waals surface area contributed by atoms with E-state index in [0.717, 1.165) is 36.1 Å². The molecule has 5 heteroatoms. The normalized spacial score (nSPS) is 20.2. The third-order valence-electron chi connectivity index (χ3n) is 3.19. The molecule has 1 aromatic carbocycles. The number of amides is 1. The molecule has 0 saturated carbocycles. The van der Waals surface area contributed by atoms with E-state index in [1.165, 1.54) is 6.42 Å². The fraction of sp³-hybridized carbons (Fsp3) is 0.462. The van der Waals surface area contributed by atoms with Gasteiger partial charge < -0.3 is 16.4 Å². The Kier molecular flexibility index (Phi) is 4.60. The Morgan fingerprint density at radius 1 is 1.39 bits per heavy atom. The Labute approximate surface area is 115 Å². The highest BCUT2D eigenvalue weighted by Crippen LogP contribution is 2.25. The second-order valence-corrected chi connectivity index (χ2v) is 5.44. The van der Waals surface area contributed by atoms with Crippen LogP contribution >= 0.6 is 15.9 Å². The first-order valence-corrected chi connectivity index (χ1v) is 7.03. The zero-order valence-corrected chi connectivity index (χ0v) is 11.8. The highest BCUT2D eigenvalue weighted by molar-refractivity contribution is 9.10. The molecule has 4 nitrogen and oxygen atoms in total. The van der Waals surface area contributed by atoms with Crippen LogP contribution in [0.2, 0.25) is 0 Å². The maximum Gasteiger partial charge on any atom is 0.248 e. The van der Waals surface area contributed by atoms with E-state index < -0.39 is 5.91 Å². The Bertz CT molecular complexity index is 428. The summed E-state index contributed by atoms with van der Waals surface area (Å²) in [5, 5.41) is 6.91. The van der Waals surface area contributed by atoms with E-state index >= 15 is 0 Å². The lowest BCUT2D eigenvalue weighted by Crippen LogP contribution is -2.21. The first-order chi connectivity index (χ1) is 8.66. The largest absolute Gasteiger partial charge is 0.381 e. The van der Waals surface area contributed by atoms with E-state index in [1.54, 1.807) is 12.1 Å². The van der Waals surface area contributed by atoms with Gasteiger partial charge in [-0.3, -0.25) is 4.79 Å². The molecular weight excluding hydrogens is 294 g/mol. The summed E-state index contributed by atoms with van der Waals surface area (Å²) >= 11 is 3.48. The van der Waals surface area contributed by atoms with E-state index in [2.05, 4.69) is 26.6 Å². The van der Waals surface area contributed by atoms with Gasteiger partial charge >= 0.3 is 0 Å². The van der Waals surface area contributed by atoms with Gasteiger partial charge in [0.1, 0.15) is 0 Å². The Balaban J connectivity index is 2.06. The van der Waals surface area contributed by atoms with Gasteiger partial charge in [-0.2, -0.15) is 0 Å². The van der Waals surface area contributed by atoms with Gasteiger partial charge in [0, 0.05) is 21.8 Å². The van der Waals surface area contributed by atoms with Crippen LogP contribution in [0.1, 0.15) is 29.6 Å². The zero-order valence-electron chi connectivity index (χ0n) is 10.2. The van der Waals surface area contributed by atoms with Gasteiger partial charge in [0.2, 0.25) is 5.91 Å². The van der Waals surface area contributed by atoms with Crippen LogP contribution in [-0.2, 0) is 0 Å². The summed E-state index contributed by atoms with van der Waals surface area (Å²) in [5.74, 6) is -0.402. The summed E-state index contributed by atoms with van der Waals surface area (Å²) in [6.45, 7) is 2.15. The molecule has 0 aliphatic carbocycles. The smallest absolute Gasteiger partial charge is 0.248 e. The summed E-state index contributed by atoms with van der Waals surface area (Å²) in [7, 11) is 0. The van der Waals surface area contributed by atoms with Crippen molar-refractivity contribution in [3.63, 3.8) is 0 Å². The Morgan fingerprint density at radius 2 is 2.22 bits per heavy atom. The van der Waals surface area contributed by atoms with Gasteiger partial charge in [-0.05, 0) is 66.5 Å². The van der Waals surface area contributed by atoms with Crippen molar-refractivity contribution in [1.29, 1.82) is 0 Å². The molecule has 1 heterocycles. The quantitative estimate of drug-likeness (QED) is 0.801. The molecule has 1 fully saturated rings. The van der Waals surface area contributed by atoms with E-state index in [4.69, 9.17) is 5.73 Å². The number of anilines is 1. The number of primary amides is 1. The number of carbonyl (C=O) groups excluding carboxylic acids is 1. The van der Waals surface area contributed by atoms with E-state index in [0.29, 0.717) is 11.6 Å². The first-order valence-electron chi connectivity index (χ1n) is 6.23. The lowest BCUT2D eigenvalue weighted by Gasteiger charge is -2.18. The Morgan fingerprint density at radius 3 is 2.94 bits per heavy atom. The standard InChI is InChI=1S/C13H18BrN3O/c14-11-8-9(13(15)18)3-4-12(11)17-10-2-1-6-16-7-5-10/h3-4,8,10,16-17H,1-2,5-7H2,(H2,15,18). The van der Waals surface area contributed by atoms with Gasteiger partial charge in [0.15, 0.2) is 0 Å². The van der Waals surface area contributed by atoms with Crippen LogP contribution in [0.3, 0.4) is 0 Å². The lowest BCUT2D eigenvalue weighted by atomic mass is 10.1. The van der Waals surface area contributed by atoms with Crippen molar-refractivity contribution in [2.45, 2.75) is 25.3 Å². The van der Waals surface area contributed by atoms with Crippen molar-refractivity contribution in [1.82, 2.24) is 5.32 Å². The summed E-state index contributed by atoms with van der Waals surface area (Å²) in [6.07, 6.45) is 3.47. The fourth-order valence-corrected chi connectivity index (χ4v) is 2.66. The van der Waals surface area contributed by atoms with Gasteiger partial charge in [-0.1, -0.05) is 0 Å². The molecule has 1 amide bonds. The number of hydrogen-bond acceptors (Lipinski definition) is 3. The monoisotopic (exact) mass is 311 g/mol. The molecular formula is C13H18BrN3O. The average molecular weight is 312 g/mol. The molecule has 98 valence electrons. The molecule has 0 aromatic heterocycles. The number of rotatable bonds is 3. The van der Waals surface area contributed by atoms with Crippen LogP contribution in [0.4, 0.5) is 5.69 Å². The molecule has 1 saturated heterocycles. The average Bonchev–Trinajstić information content (AvgIpc) is 2.60. The molecule has 1 aliphatic rings. The summed E-state index contributed by atoms with van der Waals surface area (Å²) in [5.41, 5.74) is 6.79. The second kappa shape index (κ2) is 6.20. The fourth-order valence-electron chi connectivity index (χ4n) is 2.17. The maximum atomic E-state index is 11.1.